The highest BCUT2D eigenvalue weighted by molar-refractivity contribution is 5.89. The van der Waals surface area contributed by atoms with Gasteiger partial charge in [0.25, 0.3) is 0 Å². The summed E-state index contributed by atoms with van der Waals surface area (Å²) in [6, 6.07) is 5.56. The van der Waals surface area contributed by atoms with Gasteiger partial charge in [0, 0.05) is 44.5 Å². The Balaban J connectivity index is 1.25. The van der Waals surface area contributed by atoms with Gasteiger partial charge < -0.3 is 24.6 Å². The third-order valence-corrected chi connectivity index (χ3v) is 6.16. The first-order valence-corrected chi connectivity index (χ1v) is 10.7. The van der Waals surface area contributed by atoms with Crippen LogP contribution in [0.15, 0.2) is 18.2 Å². The van der Waals surface area contributed by atoms with Crippen molar-refractivity contribution in [3.63, 3.8) is 0 Å². The molecule has 0 spiro atoms. The number of carbonyl (C=O) groups is 1. The Kier molecular flexibility index (Phi) is 5.95. The monoisotopic (exact) mass is 387 g/mol. The second-order valence-electron chi connectivity index (χ2n) is 8.88. The number of ether oxygens (including phenoxy) is 2. The number of hydrogen-bond donors (Lipinski definition) is 1. The molecule has 0 radical (unpaired) electrons. The van der Waals surface area contributed by atoms with E-state index in [0.717, 1.165) is 49.2 Å². The van der Waals surface area contributed by atoms with Gasteiger partial charge in [-0.1, -0.05) is 13.8 Å². The summed E-state index contributed by atoms with van der Waals surface area (Å²) >= 11 is 0. The normalized spacial score (nSPS) is 26.1. The minimum Gasteiger partial charge on any atom is -0.486 e. The van der Waals surface area contributed by atoms with Crippen LogP contribution in [-0.4, -0.2) is 61.8 Å². The molecule has 3 aliphatic rings. The number of urea groups is 1. The summed E-state index contributed by atoms with van der Waals surface area (Å²) in [4.78, 5) is 17.2. The highest BCUT2D eigenvalue weighted by atomic mass is 16.6. The number of anilines is 1. The molecule has 0 unspecified atom stereocenters. The van der Waals surface area contributed by atoms with E-state index in [9.17, 15) is 4.79 Å². The summed E-state index contributed by atoms with van der Waals surface area (Å²) in [5.74, 6) is 3.76. The van der Waals surface area contributed by atoms with E-state index in [1.807, 2.05) is 23.1 Å². The molecule has 154 valence electrons. The van der Waals surface area contributed by atoms with Gasteiger partial charge in [-0.25, -0.2) is 4.79 Å². The molecule has 2 fully saturated rings. The number of piperidine rings is 2. The minimum atomic E-state index is -0.0182. The van der Waals surface area contributed by atoms with Gasteiger partial charge >= 0.3 is 6.03 Å². The largest absolute Gasteiger partial charge is 0.486 e. The van der Waals surface area contributed by atoms with Crippen molar-refractivity contribution in [2.24, 2.45) is 17.8 Å². The third-order valence-electron chi connectivity index (χ3n) is 6.16. The molecule has 2 saturated heterocycles. The Morgan fingerprint density at radius 2 is 1.75 bits per heavy atom. The van der Waals surface area contributed by atoms with Gasteiger partial charge in [0.15, 0.2) is 11.5 Å². The fourth-order valence-corrected chi connectivity index (χ4v) is 4.95. The molecule has 1 N–H and O–H groups in total. The molecule has 0 aromatic heterocycles. The Morgan fingerprint density at radius 3 is 2.46 bits per heavy atom. The van der Waals surface area contributed by atoms with Gasteiger partial charge in [0.05, 0.1) is 0 Å². The summed E-state index contributed by atoms with van der Waals surface area (Å²) in [5, 5.41) is 3.01. The van der Waals surface area contributed by atoms with Crippen molar-refractivity contribution in [3.05, 3.63) is 18.2 Å². The molecule has 0 bridgehead atoms. The molecule has 6 heteroatoms. The summed E-state index contributed by atoms with van der Waals surface area (Å²) in [6.07, 6.45) is 3.54. The lowest BCUT2D eigenvalue weighted by molar-refractivity contribution is 0.101. The molecule has 6 nitrogen and oxygen atoms in total. The third kappa shape index (κ3) is 4.72. The molecule has 3 aliphatic heterocycles. The lowest BCUT2D eigenvalue weighted by Crippen LogP contribution is -2.46. The summed E-state index contributed by atoms with van der Waals surface area (Å²) in [5.41, 5.74) is 0.757. The number of nitrogens with one attached hydrogen (secondary N) is 1. The second-order valence-corrected chi connectivity index (χ2v) is 8.88. The van der Waals surface area contributed by atoms with Crippen molar-refractivity contribution >= 4 is 11.7 Å². The number of carbonyl (C=O) groups excluding carboxylic acids is 1. The fourth-order valence-electron chi connectivity index (χ4n) is 4.95. The predicted molar refractivity (Wildman–Crippen MR) is 110 cm³/mol. The second kappa shape index (κ2) is 8.60. The van der Waals surface area contributed by atoms with Crippen LogP contribution in [0.25, 0.3) is 0 Å². The molecule has 0 saturated carbocycles. The zero-order chi connectivity index (χ0) is 19.5. The van der Waals surface area contributed by atoms with Crippen molar-refractivity contribution < 1.29 is 14.3 Å². The van der Waals surface area contributed by atoms with Crippen LogP contribution in [0.5, 0.6) is 11.5 Å². The number of nitrogens with zero attached hydrogens (tertiary/aromatic N) is 2. The van der Waals surface area contributed by atoms with E-state index in [1.54, 1.807) is 0 Å². The lowest BCUT2D eigenvalue weighted by atomic mass is 9.89. The number of hydrogen-bond acceptors (Lipinski definition) is 4. The average molecular weight is 388 g/mol. The quantitative estimate of drug-likeness (QED) is 0.860. The average Bonchev–Trinajstić information content (AvgIpc) is 2.67. The van der Waals surface area contributed by atoms with Crippen molar-refractivity contribution in [2.45, 2.75) is 33.1 Å². The number of amides is 2. The van der Waals surface area contributed by atoms with Crippen LogP contribution in [0.3, 0.4) is 0 Å². The number of benzene rings is 1. The lowest BCUT2D eigenvalue weighted by Gasteiger charge is -2.39. The van der Waals surface area contributed by atoms with Gasteiger partial charge in [-0.3, -0.25) is 0 Å². The molecule has 28 heavy (non-hydrogen) atoms. The van der Waals surface area contributed by atoms with E-state index >= 15 is 0 Å². The van der Waals surface area contributed by atoms with E-state index in [0.29, 0.717) is 24.9 Å². The van der Waals surface area contributed by atoms with E-state index in [4.69, 9.17) is 9.47 Å². The van der Waals surface area contributed by atoms with Gasteiger partial charge in [0.2, 0.25) is 0 Å². The maximum atomic E-state index is 12.7. The van der Waals surface area contributed by atoms with Gasteiger partial charge in [0.1, 0.15) is 13.2 Å². The summed E-state index contributed by atoms with van der Waals surface area (Å²) in [6.45, 7) is 11.2. The molecule has 3 heterocycles. The number of likely N-dealkylation sites (tertiary alicyclic amines) is 2. The van der Waals surface area contributed by atoms with Crippen molar-refractivity contribution in [1.29, 1.82) is 0 Å². The van der Waals surface area contributed by atoms with Gasteiger partial charge in [-0.15, -0.1) is 0 Å². The molecular formula is C22H33N3O3. The first-order valence-electron chi connectivity index (χ1n) is 10.7. The topological polar surface area (TPSA) is 54.0 Å². The zero-order valence-electron chi connectivity index (χ0n) is 17.2. The van der Waals surface area contributed by atoms with Crippen LogP contribution < -0.4 is 14.8 Å². The zero-order valence-corrected chi connectivity index (χ0v) is 17.2. The first-order chi connectivity index (χ1) is 13.6. The Labute approximate surface area is 168 Å². The molecule has 2 atom stereocenters. The van der Waals surface area contributed by atoms with Crippen LogP contribution in [0.1, 0.15) is 33.1 Å². The summed E-state index contributed by atoms with van der Waals surface area (Å²) in [7, 11) is 0. The maximum absolute atomic E-state index is 12.7. The standard InChI is InChI=1S/C22H33N3O3/c1-16-11-17(2)14-24(13-16)15-18-5-7-25(8-6-18)22(26)23-19-3-4-20-21(12-19)28-10-9-27-20/h3-4,12,16-18H,5-11,13-15H2,1-2H3,(H,23,26)/t16-,17+. The minimum absolute atomic E-state index is 0.0182. The van der Waals surface area contributed by atoms with Crippen LogP contribution >= 0.6 is 0 Å². The van der Waals surface area contributed by atoms with Crippen LogP contribution in [0, 0.1) is 17.8 Å². The molecule has 1 aromatic rings. The Hall–Kier alpha value is -1.95. The van der Waals surface area contributed by atoms with Crippen molar-refractivity contribution in [1.82, 2.24) is 9.80 Å². The van der Waals surface area contributed by atoms with Crippen molar-refractivity contribution in [2.75, 3.05) is 51.3 Å². The summed E-state index contributed by atoms with van der Waals surface area (Å²) < 4.78 is 11.1. The molecule has 0 aliphatic carbocycles. The fraction of sp³-hybridized carbons (Fsp3) is 0.682. The maximum Gasteiger partial charge on any atom is 0.321 e. The van der Waals surface area contributed by atoms with E-state index in [-0.39, 0.29) is 6.03 Å². The SMILES string of the molecule is C[C@@H]1C[C@H](C)CN(CC2CCN(C(=O)Nc3ccc4c(c3)OCCO4)CC2)C1. The van der Waals surface area contributed by atoms with E-state index in [1.165, 1.54) is 26.1 Å². The predicted octanol–water partition coefficient (Wildman–Crippen LogP) is 3.68. The highest BCUT2D eigenvalue weighted by Crippen LogP contribution is 2.33. The Bertz CT molecular complexity index is 678. The Morgan fingerprint density at radius 1 is 1.07 bits per heavy atom. The molecular weight excluding hydrogens is 354 g/mol. The van der Waals surface area contributed by atoms with Crippen LogP contribution in [-0.2, 0) is 0 Å². The van der Waals surface area contributed by atoms with E-state index < -0.39 is 0 Å². The van der Waals surface area contributed by atoms with Crippen LogP contribution in [0.4, 0.5) is 10.5 Å². The number of fused-ring (bicyclic) bond motifs is 1. The molecule has 2 amide bonds. The molecule has 4 rings (SSSR count). The van der Waals surface area contributed by atoms with Crippen LogP contribution in [0.2, 0.25) is 0 Å². The van der Waals surface area contributed by atoms with E-state index in [2.05, 4.69) is 24.1 Å². The smallest absolute Gasteiger partial charge is 0.321 e. The van der Waals surface area contributed by atoms with Gasteiger partial charge in [-0.05, 0) is 49.1 Å². The van der Waals surface area contributed by atoms with Crippen molar-refractivity contribution in [3.8, 4) is 11.5 Å². The first kappa shape index (κ1) is 19.4. The highest BCUT2D eigenvalue weighted by Gasteiger charge is 2.27. The number of rotatable bonds is 3. The van der Waals surface area contributed by atoms with Gasteiger partial charge in [-0.2, -0.15) is 0 Å². The molecule has 1 aromatic carbocycles.